The molecule has 0 aliphatic rings. The van der Waals surface area contributed by atoms with E-state index in [2.05, 4.69) is 28.9 Å². The summed E-state index contributed by atoms with van der Waals surface area (Å²) in [5.41, 5.74) is 2.46. The first-order chi connectivity index (χ1) is 11.5. The van der Waals surface area contributed by atoms with E-state index >= 15 is 0 Å². The predicted octanol–water partition coefficient (Wildman–Crippen LogP) is 3.83. The summed E-state index contributed by atoms with van der Waals surface area (Å²) in [4.78, 5) is 4.32. The first-order valence-corrected chi connectivity index (χ1v) is 8.69. The second-order valence-electron chi connectivity index (χ2n) is 6.50. The van der Waals surface area contributed by atoms with Crippen LogP contribution in [0.3, 0.4) is 0 Å². The van der Waals surface area contributed by atoms with Gasteiger partial charge < -0.3 is 5.11 Å². The maximum atomic E-state index is 10.4. The zero-order chi connectivity index (χ0) is 17.5. The maximum absolute atomic E-state index is 10.4. The normalized spacial score (nSPS) is 14.1. The monoisotopic (exact) mass is 346 g/mol. The minimum Gasteiger partial charge on any atom is -0.390 e. The first kappa shape index (κ1) is 18.9. The number of benzene rings is 2. The van der Waals surface area contributed by atoms with Gasteiger partial charge in [0.2, 0.25) is 0 Å². The summed E-state index contributed by atoms with van der Waals surface area (Å²) < 4.78 is 0. The van der Waals surface area contributed by atoms with Gasteiger partial charge in [-0.1, -0.05) is 54.1 Å². The molecule has 0 bridgehead atoms. The van der Waals surface area contributed by atoms with Crippen LogP contribution in [0, 0.1) is 0 Å². The van der Waals surface area contributed by atoms with Crippen LogP contribution in [-0.4, -0.2) is 48.2 Å². The molecule has 0 amide bonds. The molecule has 0 heterocycles. The van der Waals surface area contributed by atoms with Crippen molar-refractivity contribution in [1.29, 1.82) is 0 Å². The third-order valence-electron chi connectivity index (χ3n) is 4.33. The van der Waals surface area contributed by atoms with E-state index in [4.69, 9.17) is 11.6 Å². The molecule has 24 heavy (non-hydrogen) atoms. The molecular weight excluding hydrogens is 320 g/mol. The smallest absolute Gasteiger partial charge is 0.0793 e. The van der Waals surface area contributed by atoms with Crippen molar-refractivity contribution in [2.75, 3.05) is 27.2 Å². The molecule has 0 fully saturated rings. The largest absolute Gasteiger partial charge is 0.390 e. The summed E-state index contributed by atoms with van der Waals surface area (Å²) in [5.74, 6) is 0. The molecule has 1 N–H and O–H groups in total. The summed E-state index contributed by atoms with van der Waals surface area (Å²) >= 11 is 5.94. The molecule has 2 aromatic carbocycles. The lowest BCUT2D eigenvalue weighted by Gasteiger charge is -2.29. The number of hydrogen-bond acceptors (Lipinski definition) is 3. The zero-order valence-corrected chi connectivity index (χ0v) is 15.4. The van der Waals surface area contributed by atoms with Crippen LogP contribution >= 0.6 is 11.6 Å². The SMILES string of the molecule is CC(c1ccc(Cl)cc1)N(C)CC(O)CN(C)Cc1ccccc1. The number of nitrogens with zero attached hydrogens (tertiary/aromatic N) is 2. The van der Waals surface area contributed by atoms with E-state index in [9.17, 15) is 5.11 Å². The van der Waals surface area contributed by atoms with Crippen molar-refractivity contribution in [2.24, 2.45) is 0 Å². The molecule has 2 unspecified atom stereocenters. The third-order valence-corrected chi connectivity index (χ3v) is 4.58. The average molecular weight is 347 g/mol. The Morgan fingerprint density at radius 1 is 0.958 bits per heavy atom. The molecule has 0 radical (unpaired) electrons. The third kappa shape index (κ3) is 5.91. The van der Waals surface area contributed by atoms with E-state index < -0.39 is 6.10 Å². The van der Waals surface area contributed by atoms with Crippen molar-refractivity contribution in [2.45, 2.75) is 25.6 Å². The fraction of sp³-hybridized carbons (Fsp3) is 0.400. The molecule has 0 aromatic heterocycles. The quantitative estimate of drug-likeness (QED) is 0.787. The van der Waals surface area contributed by atoms with Crippen molar-refractivity contribution >= 4 is 11.6 Å². The summed E-state index contributed by atoms with van der Waals surface area (Å²) in [6, 6.07) is 18.4. The van der Waals surface area contributed by atoms with Crippen molar-refractivity contribution in [3.8, 4) is 0 Å². The number of likely N-dealkylation sites (N-methyl/N-ethyl adjacent to an activating group) is 2. The second kappa shape index (κ2) is 9.19. The molecule has 4 heteroatoms. The standard InChI is InChI=1S/C20H27ClN2O/c1-16(18-9-11-19(21)12-10-18)23(3)15-20(24)14-22(2)13-17-7-5-4-6-8-17/h4-12,16,20,24H,13-15H2,1-3H3. The van der Waals surface area contributed by atoms with Gasteiger partial charge in [0.25, 0.3) is 0 Å². The van der Waals surface area contributed by atoms with Gasteiger partial charge in [-0.15, -0.1) is 0 Å². The van der Waals surface area contributed by atoms with Crippen molar-refractivity contribution in [1.82, 2.24) is 9.80 Å². The Kier molecular flexibility index (Phi) is 7.25. The highest BCUT2D eigenvalue weighted by molar-refractivity contribution is 6.30. The van der Waals surface area contributed by atoms with Crippen molar-refractivity contribution in [3.63, 3.8) is 0 Å². The summed E-state index contributed by atoms with van der Waals surface area (Å²) in [6.07, 6.45) is -0.390. The van der Waals surface area contributed by atoms with Crippen LogP contribution in [0.15, 0.2) is 54.6 Å². The molecule has 2 rings (SSSR count). The van der Waals surface area contributed by atoms with Crippen LogP contribution < -0.4 is 0 Å². The Labute approximate surface area is 150 Å². The van der Waals surface area contributed by atoms with Crippen LogP contribution in [0.2, 0.25) is 5.02 Å². The van der Waals surface area contributed by atoms with Gasteiger partial charge in [-0.05, 0) is 44.3 Å². The fourth-order valence-electron chi connectivity index (χ4n) is 2.86. The Morgan fingerprint density at radius 3 is 2.21 bits per heavy atom. The number of hydrogen-bond donors (Lipinski definition) is 1. The Bertz CT molecular complexity index is 603. The molecular formula is C20H27ClN2O. The minimum absolute atomic E-state index is 0.233. The van der Waals surface area contributed by atoms with Crippen LogP contribution in [0.1, 0.15) is 24.1 Å². The summed E-state index contributed by atoms with van der Waals surface area (Å²) in [5, 5.41) is 11.1. The lowest BCUT2D eigenvalue weighted by atomic mass is 10.1. The lowest BCUT2D eigenvalue weighted by molar-refractivity contribution is 0.0767. The van der Waals surface area contributed by atoms with Crippen LogP contribution in [0.5, 0.6) is 0 Å². The molecule has 0 saturated heterocycles. The van der Waals surface area contributed by atoms with Crippen molar-refractivity contribution < 1.29 is 5.11 Å². The molecule has 0 saturated carbocycles. The predicted molar refractivity (Wildman–Crippen MR) is 101 cm³/mol. The topological polar surface area (TPSA) is 26.7 Å². The number of rotatable bonds is 8. The highest BCUT2D eigenvalue weighted by Gasteiger charge is 2.16. The molecule has 0 aliphatic heterocycles. The number of aliphatic hydroxyl groups excluding tert-OH is 1. The Hall–Kier alpha value is -1.39. The molecule has 130 valence electrons. The summed E-state index contributed by atoms with van der Waals surface area (Å²) in [6.45, 7) is 4.26. The Balaban J connectivity index is 1.82. The van der Waals surface area contributed by atoms with E-state index in [1.165, 1.54) is 11.1 Å². The second-order valence-corrected chi connectivity index (χ2v) is 6.94. The molecule has 3 nitrogen and oxygen atoms in total. The molecule has 0 spiro atoms. The van der Waals surface area contributed by atoms with Crippen LogP contribution in [0.4, 0.5) is 0 Å². The van der Waals surface area contributed by atoms with Crippen molar-refractivity contribution in [3.05, 3.63) is 70.7 Å². The van der Waals surface area contributed by atoms with Gasteiger partial charge in [-0.3, -0.25) is 9.80 Å². The van der Waals surface area contributed by atoms with Gasteiger partial charge in [-0.25, -0.2) is 0 Å². The number of aliphatic hydroxyl groups is 1. The van der Waals surface area contributed by atoms with E-state index in [0.29, 0.717) is 13.1 Å². The zero-order valence-electron chi connectivity index (χ0n) is 14.7. The van der Waals surface area contributed by atoms with Gasteiger partial charge in [0.05, 0.1) is 6.10 Å². The highest BCUT2D eigenvalue weighted by Crippen LogP contribution is 2.21. The van der Waals surface area contributed by atoms with Gasteiger partial charge in [0.15, 0.2) is 0 Å². The number of halogens is 1. The van der Waals surface area contributed by atoms with E-state index in [-0.39, 0.29) is 6.04 Å². The molecule has 2 aromatic rings. The summed E-state index contributed by atoms with van der Waals surface area (Å²) in [7, 11) is 4.08. The highest BCUT2D eigenvalue weighted by atomic mass is 35.5. The molecule has 0 aliphatic carbocycles. The van der Waals surface area contributed by atoms with Gasteiger partial charge >= 0.3 is 0 Å². The fourth-order valence-corrected chi connectivity index (χ4v) is 2.99. The van der Waals surface area contributed by atoms with Gasteiger partial charge in [-0.2, -0.15) is 0 Å². The van der Waals surface area contributed by atoms with Gasteiger partial charge in [0.1, 0.15) is 0 Å². The maximum Gasteiger partial charge on any atom is 0.0793 e. The lowest BCUT2D eigenvalue weighted by Crippen LogP contribution is -2.38. The van der Waals surface area contributed by atoms with Gasteiger partial charge in [0, 0.05) is 30.7 Å². The van der Waals surface area contributed by atoms with Crippen LogP contribution in [-0.2, 0) is 6.54 Å². The van der Waals surface area contributed by atoms with Crippen LogP contribution in [0.25, 0.3) is 0 Å². The minimum atomic E-state index is -0.390. The van der Waals surface area contributed by atoms with E-state index in [1.54, 1.807) is 0 Å². The molecule has 2 atom stereocenters. The van der Waals surface area contributed by atoms with E-state index in [1.807, 2.05) is 56.6 Å². The first-order valence-electron chi connectivity index (χ1n) is 8.32. The average Bonchev–Trinajstić information content (AvgIpc) is 2.55. The Morgan fingerprint density at radius 2 is 1.58 bits per heavy atom. The van der Waals surface area contributed by atoms with E-state index in [0.717, 1.165) is 11.6 Å².